The third-order valence-corrected chi connectivity index (χ3v) is 5.96. The number of hydrogen-bond donors (Lipinski definition) is 1. The minimum Gasteiger partial charge on any atom is -0.390 e. The molecule has 0 saturated heterocycles. The van der Waals surface area contributed by atoms with E-state index in [-0.39, 0.29) is 0 Å². The number of nitrogens with zero attached hydrogens (tertiary/aromatic N) is 3. The Morgan fingerprint density at radius 3 is 2.72 bits per heavy atom. The number of fused-ring (bicyclic) bond motifs is 3. The molecular formula is C24H28ClN3O. The molecule has 0 unspecified atom stereocenters. The Bertz CT molecular complexity index is 1050. The summed E-state index contributed by atoms with van der Waals surface area (Å²) in [7, 11) is 0. The Kier molecular flexibility index (Phi) is 5.52. The third-order valence-electron chi connectivity index (χ3n) is 5.73. The molecule has 4 nitrogen and oxygen atoms in total. The topological polar surface area (TPSA) is 41.3 Å². The van der Waals surface area contributed by atoms with Crippen LogP contribution in [0.2, 0.25) is 5.02 Å². The molecule has 0 atom stereocenters. The Morgan fingerprint density at radius 1 is 1.24 bits per heavy atom. The molecular weight excluding hydrogens is 382 g/mol. The summed E-state index contributed by atoms with van der Waals surface area (Å²) in [5, 5.41) is 12.1. The molecule has 0 radical (unpaired) electrons. The van der Waals surface area contributed by atoms with Crippen molar-refractivity contribution in [1.82, 2.24) is 14.5 Å². The molecule has 1 aromatic carbocycles. The van der Waals surface area contributed by atoms with Crippen molar-refractivity contribution in [3.8, 4) is 0 Å². The maximum absolute atomic E-state index is 10.1. The van der Waals surface area contributed by atoms with Crippen molar-refractivity contribution < 1.29 is 5.11 Å². The Balaban J connectivity index is 1.74. The fraction of sp³-hybridized carbons (Fsp3) is 0.375. The van der Waals surface area contributed by atoms with Gasteiger partial charge in [-0.1, -0.05) is 11.6 Å². The summed E-state index contributed by atoms with van der Waals surface area (Å²) in [6.45, 7) is 8.66. The Labute approximate surface area is 177 Å². The van der Waals surface area contributed by atoms with Crippen LogP contribution >= 0.6 is 11.6 Å². The minimum atomic E-state index is -0.637. The molecule has 1 N–H and O–H groups in total. The van der Waals surface area contributed by atoms with Crippen LogP contribution in [0.25, 0.3) is 22.7 Å². The molecule has 0 aliphatic carbocycles. The van der Waals surface area contributed by atoms with Crippen molar-refractivity contribution in [2.24, 2.45) is 0 Å². The zero-order chi connectivity index (χ0) is 20.6. The second-order valence-corrected chi connectivity index (χ2v) is 9.03. The van der Waals surface area contributed by atoms with Gasteiger partial charge < -0.3 is 9.67 Å². The van der Waals surface area contributed by atoms with Gasteiger partial charge in [-0.05, 0) is 74.2 Å². The standard InChI is InChI=1S/C24H28ClN3O/c1-17(18-6-10-26-11-7-18)15-28-22-5-4-19(25)14-20(22)21-16-27(12-8-23(21)28)13-9-24(2,3)29/h4-7,10-11,14-15,29H,8-9,12-13,16H2,1-3H3/b17-15-. The first-order valence-corrected chi connectivity index (χ1v) is 10.5. The highest BCUT2D eigenvalue weighted by Crippen LogP contribution is 2.34. The summed E-state index contributed by atoms with van der Waals surface area (Å²) in [6, 6.07) is 10.3. The minimum absolute atomic E-state index is 0.637. The lowest BCUT2D eigenvalue weighted by Gasteiger charge is -2.30. The second-order valence-electron chi connectivity index (χ2n) is 8.59. The molecule has 0 amide bonds. The van der Waals surface area contributed by atoms with Crippen molar-refractivity contribution >= 4 is 34.3 Å². The quantitative estimate of drug-likeness (QED) is 0.627. The molecule has 0 bridgehead atoms. The van der Waals surface area contributed by atoms with Gasteiger partial charge in [-0.2, -0.15) is 0 Å². The van der Waals surface area contributed by atoms with Gasteiger partial charge in [0.15, 0.2) is 0 Å². The average molecular weight is 410 g/mol. The van der Waals surface area contributed by atoms with Crippen LogP contribution in [0.15, 0.2) is 42.7 Å². The van der Waals surface area contributed by atoms with E-state index in [1.807, 2.05) is 44.4 Å². The van der Waals surface area contributed by atoms with Gasteiger partial charge in [0.1, 0.15) is 0 Å². The van der Waals surface area contributed by atoms with Crippen LogP contribution in [0.3, 0.4) is 0 Å². The molecule has 0 spiro atoms. The van der Waals surface area contributed by atoms with Crippen LogP contribution < -0.4 is 0 Å². The van der Waals surface area contributed by atoms with Crippen LogP contribution in [0.5, 0.6) is 0 Å². The van der Waals surface area contributed by atoms with Crippen LogP contribution in [-0.2, 0) is 13.0 Å². The molecule has 0 saturated carbocycles. The van der Waals surface area contributed by atoms with E-state index in [1.54, 1.807) is 0 Å². The van der Waals surface area contributed by atoms with Gasteiger partial charge >= 0.3 is 0 Å². The zero-order valence-electron chi connectivity index (χ0n) is 17.3. The number of aromatic nitrogens is 2. The fourth-order valence-corrected chi connectivity index (χ4v) is 4.25. The number of halogens is 1. The molecule has 5 heteroatoms. The van der Waals surface area contributed by atoms with Crippen molar-refractivity contribution in [2.45, 2.75) is 45.8 Å². The number of allylic oxidation sites excluding steroid dienone is 1. The highest BCUT2D eigenvalue weighted by Gasteiger charge is 2.25. The van der Waals surface area contributed by atoms with E-state index in [4.69, 9.17) is 11.6 Å². The predicted octanol–water partition coefficient (Wildman–Crippen LogP) is 5.23. The molecule has 29 heavy (non-hydrogen) atoms. The molecule has 3 aromatic rings. The first-order valence-electron chi connectivity index (χ1n) is 10.2. The normalized spacial score (nSPS) is 15.7. The lowest BCUT2D eigenvalue weighted by Crippen LogP contribution is -2.35. The number of hydrogen-bond acceptors (Lipinski definition) is 3. The van der Waals surface area contributed by atoms with Crippen LogP contribution in [0, 0.1) is 0 Å². The largest absolute Gasteiger partial charge is 0.390 e. The van der Waals surface area contributed by atoms with Gasteiger partial charge in [-0.25, -0.2) is 0 Å². The molecule has 2 aromatic heterocycles. The van der Waals surface area contributed by atoms with Crippen molar-refractivity contribution in [1.29, 1.82) is 0 Å². The predicted molar refractivity (Wildman–Crippen MR) is 121 cm³/mol. The molecule has 3 heterocycles. The highest BCUT2D eigenvalue weighted by molar-refractivity contribution is 6.31. The number of aliphatic hydroxyl groups is 1. The lowest BCUT2D eigenvalue weighted by atomic mass is 10.0. The van der Waals surface area contributed by atoms with E-state index in [9.17, 15) is 5.11 Å². The van der Waals surface area contributed by atoms with Crippen LogP contribution in [0.1, 0.15) is 44.0 Å². The van der Waals surface area contributed by atoms with Crippen molar-refractivity contribution in [2.75, 3.05) is 13.1 Å². The summed E-state index contributed by atoms with van der Waals surface area (Å²) >= 11 is 6.35. The SMILES string of the molecule is C/C(=C/n1c2c(c3cc(Cl)ccc31)CN(CCC(C)(C)O)CC2)c1ccncc1. The van der Waals surface area contributed by atoms with Gasteiger partial charge in [-0.15, -0.1) is 0 Å². The van der Waals surface area contributed by atoms with E-state index < -0.39 is 5.60 Å². The molecule has 4 rings (SSSR count). The molecule has 1 aliphatic heterocycles. The molecule has 1 aliphatic rings. The smallest absolute Gasteiger partial charge is 0.0603 e. The van der Waals surface area contributed by atoms with Crippen molar-refractivity contribution in [3.63, 3.8) is 0 Å². The van der Waals surface area contributed by atoms with Crippen LogP contribution in [0.4, 0.5) is 0 Å². The van der Waals surface area contributed by atoms with Gasteiger partial charge in [0.2, 0.25) is 0 Å². The zero-order valence-corrected chi connectivity index (χ0v) is 18.1. The lowest BCUT2D eigenvalue weighted by molar-refractivity contribution is 0.0558. The summed E-state index contributed by atoms with van der Waals surface area (Å²) in [5.74, 6) is 0. The highest BCUT2D eigenvalue weighted by atomic mass is 35.5. The maximum atomic E-state index is 10.1. The Morgan fingerprint density at radius 2 is 2.00 bits per heavy atom. The van der Waals surface area contributed by atoms with Gasteiger partial charge in [0.25, 0.3) is 0 Å². The number of rotatable bonds is 5. The van der Waals surface area contributed by atoms with Crippen LogP contribution in [-0.4, -0.2) is 38.2 Å². The van der Waals surface area contributed by atoms with E-state index in [1.165, 1.54) is 33.3 Å². The maximum Gasteiger partial charge on any atom is 0.0603 e. The van der Waals surface area contributed by atoms with Gasteiger partial charge in [-0.3, -0.25) is 9.88 Å². The van der Waals surface area contributed by atoms with Gasteiger partial charge in [0.05, 0.1) is 11.1 Å². The summed E-state index contributed by atoms with van der Waals surface area (Å²) in [5.41, 5.74) is 5.64. The summed E-state index contributed by atoms with van der Waals surface area (Å²) < 4.78 is 2.34. The van der Waals surface area contributed by atoms with E-state index >= 15 is 0 Å². The van der Waals surface area contributed by atoms with E-state index in [2.05, 4.69) is 39.7 Å². The van der Waals surface area contributed by atoms with Gasteiger partial charge in [0, 0.05) is 60.8 Å². The van der Waals surface area contributed by atoms with E-state index in [0.29, 0.717) is 0 Å². The number of pyridine rings is 1. The van der Waals surface area contributed by atoms with E-state index in [0.717, 1.165) is 37.5 Å². The summed E-state index contributed by atoms with van der Waals surface area (Å²) in [6.07, 6.45) is 7.64. The van der Waals surface area contributed by atoms with Crippen molar-refractivity contribution in [3.05, 3.63) is 64.6 Å². The first-order chi connectivity index (χ1) is 13.8. The third kappa shape index (κ3) is 4.40. The molecule has 0 fully saturated rings. The second kappa shape index (κ2) is 7.94. The number of benzene rings is 1. The average Bonchev–Trinajstić information content (AvgIpc) is 2.99. The molecule has 152 valence electrons. The summed E-state index contributed by atoms with van der Waals surface area (Å²) in [4.78, 5) is 6.56. The first kappa shape index (κ1) is 20.1. The monoisotopic (exact) mass is 409 g/mol. The Hall–Kier alpha value is -2.14. The fourth-order valence-electron chi connectivity index (χ4n) is 4.07.